The smallest absolute Gasteiger partial charge is 0.266 e. The average Bonchev–Trinajstić information content (AvgIpc) is 2.72. The molecule has 0 spiro atoms. The van der Waals surface area contributed by atoms with E-state index in [1.807, 2.05) is 12.1 Å². The fourth-order valence-electron chi connectivity index (χ4n) is 4.78. The van der Waals surface area contributed by atoms with Crippen LogP contribution in [0.4, 0.5) is 0 Å². The first-order valence-corrected chi connectivity index (χ1v) is 12.5. The molecular formula is C23H27NO5S. The number of rotatable bonds is 3. The van der Waals surface area contributed by atoms with Gasteiger partial charge in [-0.05, 0) is 41.8 Å². The molecule has 0 bridgehead atoms. The molecule has 160 valence electrons. The number of nitrogens with zero attached hydrogens (tertiary/aromatic N) is 1. The van der Waals surface area contributed by atoms with Crippen LogP contribution in [0.3, 0.4) is 0 Å². The highest BCUT2D eigenvalue weighted by atomic mass is 32.2. The molecule has 0 saturated heterocycles. The predicted octanol–water partition coefficient (Wildman–Crippen LogP) is 4.94. The van der Waals surface area contributed by atoms with Crippen molar-refractivity contribution in [2.24, 2.45) is 0 Å². The molecule has 0 aromatic heterocycles. The van der Waals surface area contributed by atoms with Crippen molar-refractivity contribution in [3.63, 3.8) is 0 Å². The van der Waals surface area contributed by atoms with Gasteiger partial charge in [-0.1, -0.05) is 63.1 Å². The summed E-state index contributed by atoms with van der Waals surface area (Å²) >= 11 is 0. The van der Waals surface area contributed by atoms with Gasteiger partial charge in [0, 0.05) is 5.39 Å². The molecule has 2 aliphatic rings. The van der Waals surface area contributed by atoms with E-state index in [4.69, 9.17) is 4.28 Å². The van der Waals surface area contributed by atoms with Crippen LogP contribution in [0.2, 0.25) is 0 Å². The minimum absolute atomic E-state index is 0.299. The van der Waals surface area contributed by atoms with E-state index in [2.05, 4.69) is 0 Å². The fraction of sp³-hybridized carbons (Fsp3) is 0.478. The number of benzene rings is 2. The van der Waals surface area contributed by atoms with Crippen molar-refractivity contribution >= 4 is 32.7 Å². The Morgan fingerprint density at radius 1 is 0.833 bits per heavy atom. The van der Waals surface area contributed by atoms with E-state index in [9.17, 15) is 18.0 Å². The van der Waals surface area contributed by atoms with E-state index < -0.39 is 21.9 Å². The van der Waals surface area contributed by atoms with Gasteiger partial charge in [0.05, 0.1) is 17.4 Å². The van der Waals surface area contributed by atoms with Crippen LogP contribution in [0.25, 0.3) is 10.8 Å². The number of hydrogen-bond acceptors (Lipinski definition) is 5. The third-order valence-corrected chi connectivity index (χ3v) is 6.58. The summed E-state index contributed by atoms with van der Waals surface area (Å²) in [6.45, 7) is 0. The molecule has 0 N–H and O–H groups in total. The molecule has 1 heterocycles. The summed E-state index contributed by atoms with van der Waals surface area (Å²) in [7, 11) is -4.02. The van der Waals surface area contributed by atoms with Crippen molar-refractivity contribution in [1.82, 2.24) is 5.06 Å². The minimum Gasteiger partial charge on any atom is -0.266 e. The van der Waals surface area contributed by atoms with Crippen LogP contribution in [0.5, 0.6) is 0 Å². The maximum absolute atomic E-state index is 12.9. The van der Waals surface area contributed by atoms with Gasteiger partial charge in [-0.2, -0.15) is 8.42 Å². The van der Waals surface area contributed by atoms with Crippen molar-refractivity contribution in [3.05, 3.63) is 47.0 Å². The maximum Gasteiger partial charge on any atom is 0.286 e. The quantitative estimate of drug-likeness (QED) is 0.646. The summed E-state index contributed by atoms with van der Waals surface area (Å²) in [5.41, 5.74) is 1.77. The summed E-state index contributed by atoms with van der Waals surface area (Å²) in [6.07, 6.45) is 11.8. The lowest BCUT2D eigenvalue weighted by molar-refractivity contribution is -0.0149. The molecule has 30 heavy (non-hydrogen) atoms. The van der Waals surface area contributed by atoms with E-state index in [0.29, 0.717) is 27.5 Å². The van der Waals surface area contributed by atoms with Crippen LogP contribution < -0.4 is 0 Å². The summed E-state index contributed by atoms with van der Waals surface area (Å²) in [6, 6.07) is 9.07. The zero-order valence-corrected chi connectivity index (χ0v) is 18.0. The highest BCUT2D eigenvalue weighted by molar-refractivity contribution is 7.85. The highest BCUT2D eigenvalue weighted by Gasteiger charge is 2.37. The molecule has 1 aliphatic carbocycles. The third-order valence-electron chi connectivity index (χ3n) is 6.16. The van der Waals surface area contributed by atoms with E-state index in [-0.39, 0.29) is 0 Å². The first kappa shape index (κ1) is 21.0. The van der Waals surface area contributed by atoms with Gasteiger partial charge in [0.15, 0.2) is 0 Å². The van der Waals surface area contributed by atoms with Gasteiger partial charge in [0.1, 0.15) is 0 Å². The molecule has 2 aromatic carbocycles. The first-order valence-electron chi connectivity index (χ1n) is 10.7. The van der Waals surface area contributed by atoms with Gasteiger partial charge in [0.25, 0.3) is 21.9 Å². The molecule has 1 aliphatic heterocycles. The second kappa shape index (κ2) is 8.47. The van der Waals surface area contributed by atoms with Crippen LogP contribution in [0.15, 0.2) is 30.3 Å². The SMILES string of the molecule is CS(=O)(=O)ON1C(=O)c2cccc3c(C4CCCCCCCCC4)ccc(c23)C1=O. The predicted molar refractivity (Wildman–Crippen MR) is 115 cm³/mol. The minimum atomic E-state index is -4.02. The van der Waals surface area contributed by atoms with Crippen molar-refractivity contribution in [2.75, 3.05) is 6.26 Å². The van der Waals surface area contributed by atoms with E-state index in [1.165, 1.54) is 50.5 Å². The normalized spacial score (nSPS) is 19.3. The molecule has 1 saturated carbocycles. The molecule has 4 rings (SSSR count). The summed E-state index contributed by atoms with van der Waals surface area (Å²) < 4.78 is 27.8. The van der Waals surface area contributed by atoms with Crippen molar-refractivity contribution < 1.29 is 22.3 Å². The lowest BCUT2D eigenvalue weighted by Gasteiger charge is -2.27. The Morgan fingerprint density at radius 2 is 1.40 bits per heavy atom. The van der Waals surface area contributed by atoms with E-state index in [0.717, 1.165) is 24.5 Å². The lowest BCUT2D eigenvalue weighted by Crippen LogP contribution is -2.41. The lowest BCUT2D eigenvalue weighted by atomic mass is 9.82. The van der Waals surface area contributed by atoms with Gasteiger partial charge in [-0.25, -0.2) is 0 Å². The third kappa shape index (κ3) is 4.14. The van der Waals surface area contributed by atoms with Crippen LogP contribution in [-0.4, -0.2) is 31.6 Å². The first-order chi connectivity index (χ1) is 14.4. The largest absolute Gasteiger partial charge is 0.286 e. The number of carbonyl (C=O) groups excluding carboxylic acids is 2. The topological polar surface area (TPSA) is 80.8 Å². The molecule has 7 heteroatoms. The van der Waals surface area contributed by atoms with Crippen LogP contribution in [-0.2, 0) is 14.4 Å². The molecule has 2 aromatic rings. The summed E-state index contributed by atoms with van der Waals surface area (Å²) in [5.74, 6) is -1.10. The Hall–Kier alpha value is -2.25. The standard InChI is InChI=1S/C23H27NO5S/c1-30(27,28)29-24-22(25)19-13-9-12-18-17(14-15-20(21(18)19)23(24)26)16-10-7-5-3-2-4-6-8-11-16/h9,12-16H,2-8,10-11H2,1H3. The zero-order valence-electron chi connectivity index (χ0n) is 17.2. The Morgan fingerprint density at radius 3 is 2.00 bits per heavy atom. The van der Waals surface area contributed by atoms with E-state index in [1.54, 1.807) is 18.2 Å². The molecule has 0 unspecified atom stereocenters. The Bertz CT molecular complexity index is 1060. The van der Waals surface area contributed by atoms with Crippen molar-refractivity contribution in [2.45, 2.75) is 63.7 Å². The summed E-state index contributed by atoms with van der Waals surface area (Å²) in [5, 5.41) is 1.87. The van der Waals surface area contributed by atoms with Gasteiger partial charge in [-0.15, -0.1) is 9.35 Å². The van der Waals surface area contributed by atoms with Gasteiger partial charge in [-0.3, -0.25) is 9.59 Å². The fourth-order valence-corrected chi connectivity index (χ4v) is 5.18. The number of hydroxylamine groups is 2. The van der Waals surface area contributed by atoms with Crippen LogP contribution >= 0.6 is 0 Å². The van der Waals surface area contributed by atoms with Crippen molar-refractivity contribution in [1.29, 1.82) is 0 Å². The van der Waals surface area contributed by atoms with Crippen molar-refractivity contribution in [3.8, 4) is 0 Å². The van der Waals surface area contributed by atoms with Gasteiger partial charge >= 0.3 is 0 Å². The Labute approximate surface area is 177 Å². The monoisotopic (exact) mass is 429 g/mol. The summed E-state index contributed by atoms with van der Waals surface area (Å²) in [4.78, 5) is 25.8. The zero-order chi connectivity index (χ0) is 21.3. The molecule has 1 fully saturated rings. The van der Waals surface area contributed by atoms with Gasteiger partial charge < -0.3 is 0 Å². The van der Waals surface area contributed by atoms with Gasteiger partial charge in [0.2, 0.25) is 0 Å². The average molecular weight is 430 g/mol. The van der Waals surface area contributed by atoms with Crippen LogP contribution in [0, 0.1) is 0 Å². The number of hydrogen-bond donors (Lipinski definition) is 0. The Balaban J connectivity index is 1.77. The number of amides is 2. The molecule has 0 atom stereocenters. The molecule has 2 amide bonds. The number of carbonyl (C=O) groups is 2. The van der Waals surface area contributed by atoms with E-state index >= 15 is 0 Å². The molecule has 0 radical (unpaired) electrons. The Kier molecular flexibility index (Phi) is 5.93. The number of imide groups is 1. The second-order valence-corrected chi connectivity index (χ2v) is 9.92. The van der Waals surface area contributed by atoms with Crippen LogP contribution in [0.1, 0.15) is 90.0 Å². The highest BCUT2D eigenvalue weighted by Crippen LogP contribution is 2.39. The second-order valence-electron chi connectivity index (χ2n) is 8.36. The molecule has 6 nitrogen and oxygen atoms in total. The maximum atomic E-state index is 12.9. The molecular weight excluding hydrogens is 402 g/mol.